The maximum absolute atomic E-state index is 14.8. The van der Waals surface area contributed by atoms with Crippen LogP contribution in [0.3, 0.4) is 0 Å². The van der Waals surface area contributed by atoms with Gasteiger partial charge < -0.3 is 23.9 Å². The van der Waals surface area contributed by atoms with E-state index >= 15 is 0 Å². The summed E-state index contributed by atoms with van der Waals surface area (Å²) in [5, 5.41) is 9.68. The van der Waals surface area contributed by atoms with E-state index in [1.807, 2.05) is 12.1 Å². The fourth-order valence-corrected chi connectivity index (χ4v) is 5.99. The van der Waals surface area contributed by atoms with Gasteiger partial charge in [-0.3, -0.25) is 4.90 Å². The highest BCUT2D eigenvalue weighted by Gasteiger charge is 2.43. The Morgan fingerprint density at radius 1 is 1.22 bits per heavy atom. The summed E-state index contributed by atoms with van der Waals surface area (Å²) < 4.78 is 35.0. The predicted molar refractivity (Wildman–Crippen MR) is 152 cm³/mol. The SMILES string of the molecule is C/C(=C\c1cnc(CN2CCC(c3cccc4c3O[C@@](C)(c3ccc(Cl)cc3F)O4)CC2)n1C[C@@H]1CCO1)C(=O)O. The Balaban J connectivity index is 1.15. The van der Waals surface area contributed by atoms with Gasteiger partial charge in [0.2, 0.25) is 0 Å². The molecule has 6 rings (SSSR count). The average Bonchev–Trinajstić information content (AvgIpc) is 3.46. The molecule has 41 heavy (non-hydrogen) atoms. The topological polar surface area (TPSA) is 86.0 Å². The Hall–Kier alpha value is -3.40. The van der Waals surface area contributed by atoms with Crippen molar-refractivity contribution in [2.24, 2.45) is 0 Å². The zero-order valence-corrected chi connectivity index (χ0v) is 23.9. The highest BCUT2D eigenvalue weighted by Crippen LogP contribution is 2.49. The van der Waals surface area contributed by atoms with Crippen LogP contribution in [0.5, 0.6) is 11.5 Å². The fraction of sp³-hybridized carbons (Fsp3) is 0.419. The Morgan fingerprint density at radius 3 is 2.68 bits per heavy atom. The monoisotopic (exact) mass is 581 g/mol. The molecule has 2 saturated heterocycles. The van der Waals surface area contributed by atoms with Crippen LogP contribution in [0.4, 0.5) is 4.39 Å². The minimum absolute atomic E-state index is 0.125. The van der Waals surface area contributed by atoms with Crippen molar-refractivity contribution >= 4 is 23.6 Å². The summed E-state index contributed by atoms with van der Waals surface area (Å²) >= 11 is 5.96. The molecule has 3 aliphatic rings. The summed E-state index contributed by atoms with van der Waals surface area (Å²) in [6, 6.07) is 10.4. The molecule has 0 saturated carbocycles. The molecular weight excluding hydrogens is 549 g/mol. The quantitative estimate of drug-likeness (QED) is 0.328. The molecule has 1 aromatic heterocycles. The Bertz CT molecular complexity index is 1490. The number of fused-ring (bicyclic) bond motifs is 1. The number of hydrogen-bond donors (Lipinski definition) is 1. The van der Waals surface area contributed by atoms with Crippen molar-refractivity contribution in [1.82, 2.24) is 14.5 Å². The van der Waals surface area contributed by atoms with Crippen molar-refractivity contribution in [1.29, 1.82) is 0 Å². The lowest BCUT2D eigenvalue weighted by Crippen LogP contribution is -2.35. The van der Waals surface area contributed by atoms with Crippen molar-refractivity contribution in [3.05, 3.63) is 81.7 Å². The Morgan fingerprint density at radius 2 is 2.00 bits per heavy atom. The lowest BCUT2D eigenvalue weighted by molar-refractivity contribution is -0.132. The van der Waals surface area contributed by atoms with Crippen molar-refractivity contribution < 1.29 is 28.5 Å². The molecule has 0 spiro atoms. The standard InChI is InChI=1S/C31H33ClFN3O5/c1-19(30(37)38)14-22-16-34-28(36(22)17-23-10-13-39-23)18-35-11-8-20(9-12-35)24-4-3-5-27-29(24)41-31(2,40-27)25-7-6-21(32)15-26(25)33/h3-7,14-16,20,23H,8-13,17-18H2,1-2H3,(H,37,38)/b19-14+/t23-,31-/m0/s1. The molecule has 216 valence electrons. The van der Waals surface area contributed by atoms with Crippen LogP contribution in [-0.2, 0) is 28.4 Å². The maximum Gasteiger partial charge on any atom is 0.331 e. The second kappa shape index (κ2) is 11.1. The first-order chi connectivity index (χ1) is 19.7. The number of para-hydroxylation sites is 1. The molecule has 3 aliphatic heterocycles. The van der Waals surface area contributed by atoms with E-state index in [4.69, 9.17) is 25.8 Å². The third kappa shape index (κ3) is 5.58. The van der Waals surface area contributed by atoms with Gasteiger partial charge in [-0.2, -0.15) is 0 Å². The second-order valence-electron chi connectivity index (χ2n) is 11.1. The van der Waals surface area contributed by atoms with Crippen molar-refractivity contribution in [3.8, 4) is 11.5 Å². The molecule has 2 aromatic carbocycles. The van der Waals surface area contributed by atoms with E-state index in [1.165, 1.54) is 6.07 Å². The number of aliphatic carboxylic acids is 1. The summed E-state index contributed by atoms with van der Waals surface area (Å²) in [6.07, 6.45) is 6.37. The number of rotatable bonds is 8. The second-order valence-corrected chi connectivity index (χ2v) is 11.6. The number of benzene rings is 2. The van der Waals surface area contributed by atoms with Crippen LogP contribution in [-0.4, -0.2) is 51.3 Å². The third-order valence-corrected chi connectivity index (χ3v) is 8.51. The van der Waals surface area contributed by atoms with Crippen LogP contribution in [0.1, 0.15) is 61.7 Å². The molecule has 0 unspecified atom stereocenters. The van der Waals surface area contributed by atoms with E-state index in [1.54, 1.807) is 38.3 Å². The predicted octanol–water partition coefficient (Wildman–Crippen LogP) is 5.98. The average molecular weight is 582 g/mol. The normalized spacial score (nSPS) is 23.0. The lowest BCUT2D eigenvalue weighted by Gasteiger charge is -2.33. The van der Waals surface area contributed by atoms with Gasteiger partial charge in [-0.25, -0.2) is 14.2 Å². The van der Waals surface area contributed by atoms with Crippen LogP contribution in [0.2, 0.25) is 5.02 Å². The Kier molecular flexibility index (Phi) is 7.52. The van der Waals surface area contributed by atoms with E-state index in [9.17, 15) is 14.3 Å². The Labute approximate surface area is 243 Å². The van der Waals surface area contributed by atoms with Gasteiger partial charge in [0, 0.05) is 29.7 Å². The fourth-order valence-electron chi connectivity index (χ4n) is 5.84. The van der Waals surface area contributed by atoms with Gasteiger partial charge in [-0.05, 0) is 75.5 Å². The number of carboxylic acids is 1. The highest BCUT2D eigenvalue weighted by atomic mass is 35.5. The summed E-state index contributed by atoms with van der Waals surface area (Å²) in [6.45, 7) is 7.13. The van der Waals surface area contributed by atoms with Crippen molar-refractivity contribution in [2.45, 2.75) is 64.0 Å². The summed E-state index contributed by atoms with van der Waals surface area (Å²) in [4.78, 5) is 18.5. The minimum atomic E-state index is -1.28. The number of hydrogen-bond acceptors (Lipinski definition) is 6. The largest absolute Gasteiger partial charge is 0.478 e. The molecule has 10 heteroatoms. The first-order valence-corrected chi connectivity index (χ1v) is 14.3. The minimum Gasteiger partial charge on any atom is -0.478 e. The molecule has 0 amide bonds. The van der Waals surface area contributed by atoms with Gasteiger partial charge in [0.25, 0.3) is 5.79 Å². The number of nitrogens with zero attached hydrogens (tertiary/aromatic N) is 3. The molecule has 0 radical (unpaired) electrons. The van der Waals surface area contributed by atoms with E-state index in [-0.39, 0.29) is 17.6 Å². The number of aromatic nitrogens is 2. The number of imidazole rings is 1. The van der Waals surface area contributed by atoms with Crippen molar-refractivity contribution in [2.75, 3.05) is 19.7 Å². The molecule has 2 fully saturated rings. The molecule has 1 N–H and O–H groups in total. The number of likely N-dealkylation sites (tertiary alicyclic amines) is 1. The first kappa shape index (κ1) is 27.8. The molecule has 0 bridgehead atoms. The van der Waals surface area contributed by atoms with Crippen LogP contribution in [0.15, 0.2) is 48.2 Å². The van der Waals surface area contributed by atoms with Crippen LogP contribution >= 0.6 is 11.6 Å². The number of carbonyl (C=O) groups is 1. The number of piperidine rings is 1. The van der Waals surface area contributed by atoms with Gasteiger partial charge in [0.05, 0.1) is 36.6 Å². The summed E-state index contributed by atoms with van der Waals surface area (Å²) in [5.74, 6) is -0.240. The lowest BCUT2D eigenvalue weighted by atomic mass is 9.88. The van der Waals surface area contributed by atoms with Gasteiger partial charge in [0.15, 0.2) is 11.5 Å². The van der Waals surface area contributed by atoms with Gasteiger partial charge in [-0.15, -0.1) is 0 Å². The molecule has 0 aliphatic carbocycles. The van der Waals surface area contributed by atoms with E-state index in [2.05, 4.69) is 20.5 Å². The van der Waals surface area contributed by atoms with Gasteiger partial charge in [-0.1, -0.05) is 23.7 Å². The van der Waals surface area contributed by atoms with Gasteiger partial charge >= 0.3 is 5.97 Å². The maximum atomic E-state index is 14.8. The van der Waals surface area contributed by atoms with Crippen LogP contribution in [0.25, 0.3) is 6.08 Å². The summed E-state index contributed by atoms with van der Waals surface area (Å²) in [5.41, 5.74) is 2.42. The van der Waals surface area contributed by atoms with Crippen LogP contribution < -0.4 is 9.47 Å². The number of halogens is 2. The van der Waals surface area contributed by atoms with Crippen LogP contribution in [0, 0.1) is 5.82 Å². The molecule has 3 aromatic rings. The molecule has 8 nitrogen and oxygen atoms in total. The highest BCUT2D eigenvalue weighted by molar-refractivity contribution is 6.30. The van der Waals surface area contributed by atoms with E-state index in [0.717, 1.165) is 56.0 Å². The molecule has 4 heterocycles. The molecule has 2 atom stereocenters. The van der Waals surface area contributed by atoms with Crippen molar-refractivity contribution in [3.63, 3.8) is 0 Å². The number of carboxylic acid groups (broad SMARTS) is 1. The van der Waals surface area contributed by atoms with E-state index in [0.29, 0.717) is 35.2 Å². The third-order valence-electron chi connectivity index (χ3n) is 8.27. The smallest absolute Gasteiger partial charge is 0.331 e. The zero-order valence-electron chi connectivity index (χ0n) is 23.1. The first-order valence-electron chi connectivity index (χ1n) is 14.0. The van der Waals surface area contributed by atoms with Gasteiger partial charge in [0.1, 0.15) is 11.6 Å². The number of ether oxygens (including phenoxy) is 3. The molecular formula is C31H33ClFN3O5. The summed E-state index contributed by atoms with van der Waals surface area (Å²) in [7, 11) is 0. The van der Waals surface area contributed by atoms with E-state index < -0.39 is 17.6 Å². The zero-order chi connectivity index (χ0) is 28.7.